The molecule has 10 heteroatoms. The fourth-order valence-corrected chi connectivity index (χ4v) is 1.02. The van der Waals surface area contributed by atoms with E-state index >= 15 is 0 Å². The molecule has 0 radical (unpaired) electrons. The number of alkyl halides is 6. The molecule has 0 aliphatic rings. The van der Waals surface area contributed by atoms with Crippen molar-refractivity contribution in [3.63, 3.8) is 0 Å². The highest BCUT2D eigenvalue weighted by Gasteiger charge is 2.57. The van der Waals surface area contributed by atoms with E-state index < -0.39 is 30.8 Å². The highest BCUT2D eigenvalue weighted by Crippen LogP contribution is 2.35. The molecule has 0 aliphatic heterocycles. The van der Waals surface area contributed by atoms with Gasteiger partial charge in [-0.25, -0.2) is 14.4 Å². The molecule has 0 saturated carbocycles. The van der Waals surface area contributed by atoms with Crippen molar-refractivity contribution in [2.75, 3.05) is 6.61 Å². The third kappa shape index (κ3) is 3.90. The molecule has 0 amide bonds. The highest BCUT2D eigenvalue weighted by atomic mass is 35.5. The van der Waals surface area contributed by atoms with Crippen molar-refractivity contribution in [1.82, 2.24) is 9.97 Å². The van der Waals surface area contributed by atoms with Crippen molar-refractivity contribution < 1.29 is 31.1 Å². The lowest BCUT2D eigenvalue weighted by molar-refractivity contribution is -0.250. The van der Waals surface area contributed by atoms with Crippen LogP contribution in [0.2, 0.25) is 5.15 Å². The first-order valence-corrected chi connectivity index (χ1v) is 4.69. The zero-order valence-electron chi connectivity index (χ0n) is 8.39. The van der Waals surface area contributed by atoms with Gasteiger partial charge in [0.05, 0.1) is 0 Å². The standard InChI is InChI=1S/C8H5ClF6N2O/c9-4-1-5(17-3-16-4)18-2-7(11,12)6(10)8(13,14)15/h1,3,6H,2H2. The summed E-state index contributed by atoms with van der Waals surface area (Å²) >= 11 is 5.36. The van der Waals surface area contributed by atoms with Crippen LogP contribution >= 0.6 is 11.6 Å². The van der Waals surface area contributed by atoms with Crippen LogP contribution in [-0.4, -0.2) is 34.8 Å². The van der Waals surface area contributed by atoms with Crippen LogP contribution in [0.25, 0.3) is 0 Å². The Morgan fingerprint density at radius 2 is 1.83 bits per heavy atom. The van der Waals surface area contributed by atoms with E-state index in [1.165, 1.54) is 0 Å². The van der Waals surface area contributed by atoms with Crippen LogP contribution in [0.4, 0.5) is 26.3 Å². The van der Waals surface area contributed by atoms with Gasteiger partial charge in [-0.3, -0.25) is 0 Å². The summed E-state index contributed by atoms with van der Waals surface area (Å²) < 4.78 is 77.6. The predicted octanol–water partition coefficient (Wildman–Crippen LogP) is 3.04. The summed E-state index contributed by atoms with van der Waals surface area (Å²) in [5, 5.41) is -0.157. The van der Waals surface area contributed by atoms with Crippen molar-refractivity contribution in [3.05, 3.63) is 17.5 Å². The van der Waals surface area contributed by atoms with Crippen LogP contribution in [0.5, 0.6) is 5.88 Å². The minimum atomic E-state index is -5.67. The van der Waals surface area contributed by atoms with Crippen molar-refractivity contribution >= 4 is 11.6 Å². The van der Waals surface area contributed by atoms with Gasteiger partial charge in [-0.15, -0.1) is 0 Å². The summed E-state index contributed by atoms with van der Waals surface area (Å²) in [6.45, 7) is -1.82. The van der Waals surface area contributed by atoms with E-state index in [1.807, 2.05) is 0 Å². The maximum absolute atomic E-state index is 12.8. The second-order valence-corrected chi connectivity index (χ2v) is 3.52. The third-order valence-electron chi connectivity index (χ3n) is 1.68. The fraction of sp³-hybridized carbons (Fsp3) is 0.500. The first-order valence-electron chi connectivity index (χ1n) is 4.32. The van der Waals surface area contributed by atoms with Gasteiger partial charge in [-0.2, -0.15) is 22.0 Å². The molecule has 0 bridgehead atoms. The molecule has 1 unspecified atom stereocenters. The van der Waals surface area contributed by atoms with Gasteiger partial charge in [-0.05, 0) is 0 Å². The van der Waals surface area contributed by atoms with E-state index in [-0.39, 0.29) is 5.15 Å². The molecular weight excluding hydrogens is 290 g/mol. The Morgan fingerprint density at radius 1 is 1.22 bits per heavy atom. The molecule has 1 atom stereocenters. The third-order valence-corrected chi connectivity index (χ3v) is 1.89. The molecule has 3 nitrogen and oxygen atoms in total. The number of hydrogen-bond acceptors (Lipinski definition) is 3. The molecular formula is C8H5ClF6N2O. The van der Waals surface area contributed by atoms with Gasteiger partial charge >= 0.3 is 12.1 Å². The lowest BCUT2D eigenvalue weighted by Gasteiger charge is -2.22. The van der Waals surface area contributed by atoms with Gasteiger partial charge < -0.3 is 4.74 Å². The minimum Gasteiger partial charge on any atom is -0.471 e. The summed E-state index contributed by atoms with van der Waals surface area (Å²) in [6.07, 6.45) is -9.13. The Kier molecular flexibility index (Phi) is 4.25. The fourth-order valence-electron chi connectivity index (χ4n) is 0.879. The van der Waals surface area contributed by atoms with E-state index in [0.29, 0.717) is 0 Å². The highest BCUT2D eigenvalue weighted by molar-refractivity contribution is 6.29. The summed E-state index contributed by atoms with van der Waals surface area (Å²) in [7, 11) is 0. The van der Waals surface area contributed by atoms with Crippen LogP contribution in [-0.2, 0) is 0 Å². The summed E-state index contributed by atoms with van der Waals surface area (Å²) in [5.74, 6) is -5.21. The first kappa shape index (κ1) is 14.8. The molecule has 1 heterocycles. The maximum Gasteiger partial charge on any atom is 0.425 e. The molecule has 102 valence electrons. The van der Waals surface area contributed by atoms with Gasteiger partial charge in [0.25, 0.3) is 6.17 Å². The second kappa shape index (κ2) is 5.17. The molecule has 0 spiro atoms. The molecule has 0 aromatic carbocycles. The molecule has 1 rings (SSSR count). The first-order chi connectivity index (χ1) is 8.13. The average molecular weight is 295 g/mol. The van der Waals surface area contributed by atoms with Gasteiger partial charge in [0, 0.05) is 6.07 Å². The Morgan fingerprint density at radius 3 is 2.33 bits per heavy atom. The topological polar surface area (TPSA) is 35.0 Å². The van der Waals surface area contributed by atoms with Crippen LogP contribution < -0.4 is 4.74 Å². The molecule has 1 aromatic rings. The Hall–Kier alpha value is -1.25. The molecule has 18 heavy (non-hydrogen) atoms. The summed E-state index contributed by atoms with van der Waals surface area (Å²) in [5.41, 5.74) is 0. The quantitative estimate of drug-likeness (QED) is 0.632. The number of aromatic nitrogens is 2. The summed E-state index contributed by atoms with van der Waals surface area (Å²) in [6, 6.07) is 0.901. The lowest BCUT2D eigenvalue weighted by atomic mass is 10.2. The normalized spacial score (nSPS) is 14.4. The lowest BCUT2D eigenvalue weighted by Crippen LogP contribution is -2.45. The van der Waals surface area contributed by atoms with E-state index in [2.05, 4.69) is 14.7 Å². The Labute approximate surface area is 102 Å². The summed E-state index contributed by atoms with van der Waals surface area (Å²) in [4.78, 5) is 6.70. The second-order valence-electron chi connectivity index (χ2n) is 3.13. The number of hydrogen-bond donors (Lipinski definition) is 0. The van der Waals surface area contributed by atoms with E-state index in [4.69, 9.17) is 11.6 Å². The number of halogens is 7. The van der Waals surface area contributed by atoms with E-state index in [0.717, 1.165) is 12.4 Å². The molecule has 1 aromatic heterocycles. The van der Waals surface area contributed by atoms with Gasteiger partial charge in [-0.1, -0.05) is 11.6 Å². The Balaban J connectivity index is 2.67. The minimum absolute atomic E-state index is 0.157. The van der Waals surface area contributed by atoms with Crippen molar-refractivity contribution in [3.8, 4) is 5.88 Å². The van der Waals surface area contributed by atoms with Gasteiger partial charge in [0.2, 0.25) is 5.88 Å². The van der Waals surface area contributed by atoms with Gasteiger partial charge in [0.15, 0.2) is 6.61 Å². The van der Waals surface area contributed by atoms with Crippen molar-refractivity contribution in [1.29, 1.82) is 0 Å². The maximum atomic E-state index is 12.8. The average Bonchev–Trinajstić information content (AvgIpc) is 2.24. The molecule has 0 aliphatic carbocycles. The molecule has 0 fully saturated rings. The number of nitrogens with zero attached hydrogens (tertiary/aromatic N) is 2. The number of rotatable bonds is 4. The van der Waals surface area contributed by atoms with Crippen molar-refractivity contribution in [2.45, 2.75) is 18.3 Å². The smallest absolute Gasteiger partial charge is 0.425 e. The van der Waals surface area contributed by atoms with E-state index in [9.17, 15) is 26.3 Å². The van der Waals surface area contributed by atoms with Crippen LogP contribution in [0.3, 0.4) is 0 Å². The zero-order chi connectivity index (χ0) is 14.0. The van der Waals surface area contributed by atoms with Crippen LogP contribution in [0, 0.1) is 0 Å². The molecule has 0 N–H and O–H groups in total. The van der Waals surface area contributed by atoms with Crippen LogP contribution in [0.15, 0.2) is 12.4 Å². The van der Waals surface area contributed by atoms with Crippen molar-refractivity contribution in [2.24, 2.45) is 0 Å². The van der Waals surface area contributed by atoms with Gasteiger partial charge in [0.1, 0.15) is 11.5 Å². The SMILES string of the molecule is FC(C(F)(F)F)C(F)(F)COc1cc(Cl)ncn1. The monoisotopic (exact) mass is 294 g/mol. The number of ether oxygens (including phenoxy) is 1. The largest absolute Gasteiger partial charge is 0.471 e. The zero-order valence-corrected chi connectivity index (χ0v) is 9.14. The predicted molar refractivity (Wildman–Crippen MR) is 48.4 cm³/mol. The van der Waals surface area contributed by atoms with Crippen LogP contribution in [0.1, 0.15) is 0 Å². The van der Waals surface area contributed by atoms with E-state index in [1.54, 1.807) is 0 Å². The Bertz CT molecular complexity index is 413. The molecule has 0 saturated heterocycles.